The quantitative estimate of drug-likeness (QED) is 0.706. The minimum absolute atomic E-state index is 0.100. The fourth-order valence-electron chi connectivity index (χ4n) is 3.09. The van der Waals surface area contributed by atoms with E-state index < -0.39 is 11.1 Å². The molecule has 0 aromatic rings. The van der Waals surface area contributed by atoms with Crippen LogP contribution >= 0.6 is 0 Å². The molecule has 0 aromatic heterocycles. The van der Waals surface area contributed by atoms with Crippen LogP contribution < -0.4 is 0 Å². The van der Waals surface area contributed by atoms with Crippen LogP contribution in [0.2, 0.25) is 0 Å². The molecule has 0 aliphatic carbocycles. The summed E-state index contributed by atoms with van der Waals surface area (Å²) in [7, 11) is 0. The second-order valence-corrected chi connectivity index (χ2v) is 6.17. The summed E-state index contributed by atoms with van der Waals surface area (Å²) < 4.78 is 5.41. The number of carbonyl (C=O) groups is 2. The molecule has 2 bridgehead atoms. The lowest BCUT2D eigenvalue weighted by Crippen LogP contribution is -2.51. The van der Waals surface area contributed by atoms with Gasteiger partial charge in [-0.3, -0.25) is 9.69 Å². The third kappa shape index (κ3) is 1.94. The summed E-state index contributed by atoms with van der Waals surface area (Å²) >= 11 is 0. The van der Waals surface area contributed by atoms with Gasteiger partial charge in [0.1, 0.15) is 11.1 Å². The SMILES string of the molecule is CC(=O)C12CCC(CC1)N2C(=O)OC(C)(C)C. The van der Waals surface area contributed by atoms with Crippen LogP contribution in [0.15, 0.2) is 0 Å². The Balaban J connectivity index is 2.21. The van der Waals surface area contributed by atoms with Gasteiger partial charge in [0.15, 0.2) is 5.78 Å². The molecule has 1 amide bonds. The summed E-state index contributed by atoms with van der Waals surface area (Å²) in [6.07, 6.45) is 3.13. The first-order valence-electron chi connectivity index (χ1n) is 6.30. The Hall–Kier alpha value is -1.06. The van der Waals surface area contributed by atoms with Crippen molar-refractivity contribution in [2.75, 3.05) is 0 Å². The molecule has 4 nitrogen and oxygen atoms in total. The van der Waals surface area contributed by atoms with E-state index in [1.54, 1.807) is 11.8 Å². The van der Waals surface area contributed by atoms with Gasteiger partial charge in [-0.15, -0.1) is 0 Å². The number of nitrogens with zero attached hydrogens (tertiary/aromatic N) is 1. The maximum Gasteiger partial charge on any atom is 0.411 e. The van der Waals surface area contributed by atoms with E-state index in [2.05, 4.69) is 0 Å². The Morgan fingerprint density at radius 1 is 1.24 bits per heavy atom. The maximum absolute atomic E-state index is 12.2. The van der Waals surface area contributed by atoms with E-state index in [0.29, 0.717) is 0 Å². The predicted octanol–water partition coefficient (Wildman–Crippen LogP) is 2.51. The number of ether oxygens (including phenoxy) is 1. The fraction of sp³-hybridized carbons (Fsp3) is 0.846. The van der Waals surface area contributed by atoms with Gasteiger partial charge in [-0.2, -0.15) is 0 Å². The zero-order chi connectivity index (χ0) is 12.8. The molecule has 0 saturated carbocycles. The Morgan fingerprint density at radius 3 is 2.18 bits per heavy atom. The van der Waals surface area contributed by atoms with Crippen molar-refractivity contribution in [3.63, 3.8) is 0 Å². The molecule has 17 heavy (non-hydrogen) atoms. The van der Waals surface area contributed by atoms with Gasteiger partial charge in [0.2, 0.25) is 0 Å². The van der Waals surface area contributed by atoms with Crippen molar-refractivity contribution in [3.8, 4) is 0 Å². The van der Waals surface area contributed by atoms with Crippen molar-refractivity contribution < 1.29 is 14.3 Å². The third-order valence-corrected chi connectivity index (χ3v) is 3.85. The molecular weight excluding hydrogens is 218 g/mol. The number of rotatable bonds is 1. The molecule has 96 valence electrons. The molecule has 2 saturated heterocycles. The molecule has 0 atom stereocenters. The molecule has 2 heterocycles. The van der Waals surface area contributed by atoms with Gasteiger partial charge in [0.25, 0.3) is 0 Å². The summed E-state index contributed by atoms with van der Waals surface area (Å²) in [5, 5.41) is 0. The Labute approximate surface area is 102 Å². The molecule has 2 aliphatic rings. The summed E-state index contributed by atoms with van der Waals surface area (Å²) in [6.45, 7) is 7.14. The van der Waals surface area contributed by atoms with Crippen LogP contribution in [0.4, 0.5) is 4.79 Å². The highest BCUT2D eigenvalue weighted by Gasteiger charge is 2.57. The monoisotopic (exact) mass is 239 g/mol. The van der Waals surface area contributed by atoms with E-state index in [1.807, 2.05) is 20.8 Å². The van der Waals surface area contributed by atoms with Crippen LogP contribution in [0.1, 0.15) is 53.4 Å². The molecule has 2 aliphatic heterocycles. The third-order valence-electron chi connectivity index (χ3n) is 3.85. The first-order chi connectivity index (χ1) is 7.76. The molecule has 0 aromatic carbocycles. The topological polar surface area (TPSA) is 46.6 Å². The normalized spacial score (nSPS) is 31.8. The van der Waals surface area contributed by atoms with Crippen molar-refractivity contribution in [1.82, 2.24) is 4.90 Å². The lowest BCUT2D eigenvalue weighted by Gasteiger charge is -2.34. The van der Waals surface area contributed by atoms with Gasteiger partial charge in [0, 0.05) is 6.04 Å². The molecule has 2 rings (SSSR count). The number of ketones is 1. The summed E-state index contributed by atoms with van der Waals surface area (Å²) in [6, 6.07) is 0.203. The summed E-state index contributed by atoms with van der Waals surface area (Å²) in [5.74, 6) is 0.100. The molecule has 4 heteroatoms. The summed E-state index contributed by atoms with van der Waals surface area (Å²) in [5.41, 5.74) is -1.07. The van der Waals surface area contributed by atoms with Gasteiger partial charge in [-0.25, -0.2) is 4.79 Å². The van der Waals surface area contributed by atoms with Gasteiger partial charge in [-0.1, -0.05) is 0 Å². The van der Waals surface area contributed by atoms with Gasteiger partial charge >= 0.3 is 6.09 Å². The van der Waals surface area contributed by atoms with Gasteiger partial charge in [-0.05, 0) is 53.4 Å². The number of Topliss-reactive ketones (excluding diaryl/α,β-unsaturated/α-hetero) is 1. The highest BCUT2D eigenvalue weighted by molar-refractivity contribution is 5.91. The zero-order valence-corrected chi connectivity index (χ0v) is 11.1. The van der Waals surface area contributed by atoms with E-state index in [1.165, 1.54) is 0 Å². The predicted molar refractivity (Wildman–Crippen MR) is 63.7 cm³/mol. The number of hydrogen-bond donors (Lipinski definition) is 0. The smallest absolute Gasteiger partial charge is 0.411 e. The highest BCUT2D eigenvalue weighted by atomic mass is 16.6. The minimum atomic E-state index is -0.562. The molecule has 2 fully saturated rings. The van der Waals surface area contributed by atoms with Crippen LogP contribution in [0, 0.1) is 0 Å². The van der Waals surface area contributed by atoms with Crippen LogP contribution in [-0.2, 0) is 9.53 Å². The van der Waals surface area contributed by atoms with Crippen LogP contribution in [-0.4, -0.2) is 34.0 Å². The number of fused-ring (bicyclic) bond motifs is 2. The second kappa shape index (κ2) is 3.72. The van der Waals surface area contributed by atoms with Crippen molar-refractivity contribution >= 4 is 11.9 Å². The van der Waals surface area contributed by atoms with Crippen molar-refractivity contribution in [2.24, 2.45) is 0 Å². The highest BCUT2D eigenvalue weighted by Crippen LogP contribution is 2.47. The van der Waals surface area contributed by atoms with E-state index >= 15 is 0 Å². The number of hydrogen-bond acceptors (Lipinski definition) is 3. The molecule has 0 N–H and O–H groups in total. The van der Waals surface area contributed by atoms with E-state index in [-0.39, 0.29) is 17.9 Å². The lowest BCUT2D eigenvalue weighted by molar-refractivity contribution is -0.126. The zero-order valence-electron chi connectivity index (χ0n) is 11.1. The van der Waals surface area contributed by atoms with Crippen LogP contribution in [0.25, 0.3) is 0 Å². The second-order valence-electron chi connectivity index (χ2n) is 6.17. The van der Waals surface area contributed by atoms with Crippen molar-refractivity contribution in [2.45, 2.75) is 70.6 Å². The van der Waals surface area contributed by atoms with Crippen molar-refractivity contribution in [1.29, 1.82) is 0 Å². The summed E-state index contributed by atoms with van der Waals surface area (Å²) in [4.78, 5) is 25.7. The Morgan fingerprint density at radius 2 is 1.76 bits per heavy atom. The molecule has 0 unspecified atom stereocenters. The average Bonchev–Trinajstić information content (AvgIpc) is 2.70. The van der Waals surface area contributed by atoms with Crippen molar-refractivity contribution in [3.05, 3.63) is 0 Å². The largest absolute Gasteiger partial charge is 0.444 e. The Kier molecular flexibility index (Phi) is 2.71. The first kappa shape index (κ1) is 12.4. The Bertz CT molecular complexity index is 348. The first-order valence-corrected chi connectivity index (χ1v) is 6.30. The fourth-order valence-corrected chi connectivity index (χ4v) is 3.09. The van der Waals surface area contributed by atoms with E-state index in [4.69, 9.17) is 4.74 Å². The minimum Gasteiger partial charge on any atom is -0.444 e. The molecular formula is C13H21NO3. The van der Waals surface area contributed by atoms with E-state index in [0.717, 1.165) is 25.7 Å². The lowest BCUT2D eigenvalue weighted by atomic mass is 9.85. The number of amides is 1. The molecule has 0 spiro atoms. The van der Waals surface area contributed by atoms with E-state index in [9.17, 15) is 9.59 Å². The molecule has 0 radical (unpaired) electrons. The average molecular weight is 239 g/mol. The van der Waals surface area contributed by atoms with Gasteiger partial charge in [0.05, 0.1) is 0 Å². The van der Waals surface area contributed by atoms with Crippen LogP contribution in [0.3, 0.4) is 0 Å². The van der Waals surface area contributed by atoms with Crippen LogP contribution in [0.5, 0.6) is 0 Å². The maximum atomic E-state index is 12.2. The van der Waals surface area contributed by atoms with Gasteiger partial charge < -0.3 is 4.74 Å². The number of carbonyl (C=O) groups excluding carboxylic acids is 2. The standard InChI is InChI=1S/C13H21NO3/c1-9(15)13-7-5-10(6-8-13)14(13)11(16)17-12(2,3)4/h10H,5-8H2,1-4H3.